The van der Waals surface area contributed by atoms with Crippen LogP contribution in [0.3, 0.4) is 0 Å². The standard InChI is InChI=1S/C14H25F3N2/c1-2-18-12-6-3-7-13(9-12)19-8-4-5-11(10-19)14(15,16)17/h11-13,18H,2-10H2,1H3. The van der Waals surface area contributed by atoms with Gasteiger partial charge in [-0.3, -0.25) is 4.90 Å². The number of nitrogens with zero attached hydrogens (tertiary/aromatic N) is 1. The van der Waals surface area contributed by atoms with Gasteiger partial charge in [0.05, 0.1) is 5.92 Å². The van der Waals surface area contributed by atoms with E-state index in [1.165, 1.54) is 6.42 Å². The molecule has 1 saturated carbocycles. The molecule has 0 spiro atoms. The van der Waals surface area contributed by atoms with E-state index in [-0.39, 0.29) is 6.54 Å². The van der Waals surface area contributed by atoms with Crippen LogP contribution in [0.2, 0.25) is 0 Å². The Hall–Kier alpha value is -0.290. The number of hydrogen-bond acceptors (Lipinski definition) is 2. The van der Waals surface area contributed by atoms with Crippen LogP contribution in [0.1, 0.15) is 45.4 Å². The first kappa shape index (κ1) is 15.1. The van der Waals surface area contributed by atoms with Crippen LogP contribution in [0, 0.1) is 5.92 Å². The zero-order chi connectivity index (χ0) is 13.9. The molecule has 112 valence electrons. The smallest absolute Gasteiger partial charge is 0.314 e. The van der Waals surface area contributed by atoms with Gasteiger partial charge in [-0.2, -0.15) is 13.2 Å². The minimum absolute atomic E-state index is 0.215. The van der Waals surface area contributed by atoms with Crippen molar-refractivity contribution in [1.82, 2.24) is 10.2 Å². The van der Waals surface area contributed by atoms with Crippen molar-refractivity contribution in [3.05, 3.63) is 0 Å². The van der Waals surface area contributed by atoms with Crippen molar-refractivity contribution >= 4 is 0 Å². The molecular formula is C14H25F3N2. The fraction of sp³-hybridized carbons (Fsp3) is 1.00. The fourth-order valence-electron chi connectivity index (χ4n) is 3.57. The molecule has 0 aromatic rings. The Kier molecular flexibility index (Phi) is 5.12. The Balaban J connectivity index is 1.90. The topological polar surface area (TPSA) is 15.3 Å². The maximum absolute atomic E-state index is 12.8. The predicted molar refractivity (Wildman–Crippen MR) is 70.1 cm³/mol. The lowest BCUT2D eigenvalue weighted by Crippen LogP contribution is -2.50. The molecule has 2 rings (SSSR count). The van der Waals surface area contributed by atoms with Gasteiger partial charge < -0.3 is 5.32 Å². The van der Waals surface area contributed by atoms with Crippen LogP contribution in [0.15, 0.2) is 0 Å². The summed E-state index contributed by atoms with van der Waals surface area (Å²) in [5.74, 6) is -1.11. The number of piperidine rings is 1. The van der Waals surface area contributed by atoms with Crippen LogP contribution in [0.5, 0.6) is 0 Å². The summed E-state index contributed by atoms with van der Waals surface area (Å²) in [5, 5.41) is 3.45. The third kappa shape index (κ3) is 4.09. The first-order valence-electron chi connectivity index (χ1n) is 7.55. The molecule has 1 saturated heterocycles. The van der Waals surface area contributed by atoms with Crippen molar-refractivity contribution in [3.8, 4) is 0 Å². The second-order valence-electron chi connectivity index (χ2n) is 5.95. The van der Waals surface area contributed by atoms with Crippen molar-refractivity contribution in [1.29, 1.82) is 0 Å². The van der Waals surface area contributed by atoms with E-state index in [0.29, 0.717) is 24.9 Å². The van der Waals surface area contributed by atoms with E-state index >= 15 is 0 Å². The fourth-order valence-corrected chi connectivity index (χ4v) is 3.57. The lowest BCUT2D eigenvalue weighted by Gasteiger charge is -2.42. The van der Waals surface area contributed by atoms with Crippen LogP contribution in [0.25, 0.3) is 0 Å². The van der Waals surface area contributed by atoms with E-state index < -0.39 is 12.1 Å². The van der Waals surface area contributed by atoms with Crippen molar-refractivity contribution in [2.45, 2.75) is 63.7 Å². The average molecular weight is 278 g/mol. The maximum atomic E-state index is 12.8. The molecule has 2 fully saturated rings. The van der Waals surface area contributed by atoms with E-state index in [4.69, 9.17) is 0 Å². The highest BCUT2D eigenvalue weighted by Crippen LogP contribution is 2.35. The lowest BCUT2D eigenvalue weighted by molar-refractivity contribution is -0.189. The number of hydrogen-bond donors (Lipinski definition) is 1. The van der Waals surface area contributed by atoms with Crippen molar-refractivity contribution in [2.75, 3.05) is 19.6 Å². The SMILES string of the molecule is CCNC1CCCC(N2CCCC(C(F)(F)F)C2)C1. The summed E-state index contributed by atoms with van der Waals surface area (Å²) in [6, 6.07) is 0.845. The third-order valence-corrected chi connectivity index (χ3v) is 4.57. The first-order chi connectivity index (χ1) is 9.00. The second-order valence-corrected chi connectivity index (χ2v) is 5.95. The highest BCUT2D eigenvalue weighted by atomic mass is 19.4. The summed E-state index contributed by atoms with van der Waals surface area (Å²) in [6.45, 7) is 4.09. The molecule has 5 heteroatoms. The molecule has 1 aliphatic heterocycles. The molecule has 1 aliphatic carbocycles. The van der Waals surface area contributed by atoms with E-state index in [9.17, 15) is 13.2 Å². The highest BCUT2D eigenvalue weighted by Gasteiger charge is 2.43. The quantitative estimate of drug-likeness (QED) is 0.853. The number of rotatable bonds is 3. The maximum Gasteiger partial charge on any atom is 0.393 e. The Labute approximate surface area is 113 Å². The zero-order valence-corrected chi connectivity index (χ0v) is 11.7. The van der Waals surface area contributed by atoms with Gasteiger partial charge in [-0.25, -0.2) is 0 Å². The van der Waals surface area contributed by atoms with Crippen LogP contribution in [0.4, 0.5) is 13.2 Å². The molecule has 0 amide bonds. The van der Waals surface area contributed by atoms with Gasteiger partial charge >= 0.3 is 6.18 Å². The molecule has 3 atom stereocenters. The van der Waals surface area contributed by atoms with E-state index in [1.54, 1.807) is 0 Å². The summed E-state index contributed by atoms with van der Waals surface area (Å²) in [7, 11) is 0. The van der Waals surface area contributed by atoms with Crippen LogP contribution in [-0.2, 0) is 0 Å². The van der Waals surface area contributed by atoms with Gasteiger partial charge in [-0.15, -0.1) is 0 Å². The molecule has 0 aromatic heterocycles. The second kappa shape index (κ2) is 6.44. The molecule has 3 unspecified atom stereocenters. The van der Waals surface area contributed by atoms with Gasteiger partial charge in [0.15, 0.2) is 0 Å². The predicted octanol–water partition coefficient (Wildman–Crippen LogP) is 3.18. The molecule has 19 heavy (non-hydrogen) atoms. The summed E-state index contributed by atoms with van der Waals surface area (Å²) < 4.78 is 38.5. The van der Waals surface area contributed by atoms with E-state index in [1.807, 2.05) is 0 Å². The largest absolute Gasteiger partial charge is 0.393 e. The number of alkyl halides is 3. The number of likely N-dealkylation sites (tertiary alicyclic amines) is 1. The highest BCUT2D eigenvalue weighted by molar-refractivity contribution is 4.87. The van der Waals surface area contributed by atoms with Crippen molar-refractivity contribution in [3.63, 3.8) is 0 Å². The monoisotopic (exact) mass is 278 g/mol. The molecule has 2 aliphatic rings. The molecule has 0 bridgehead atoms. The Morgan fingerprint density at radius 1 is 1.16 bits per heavy atom. The lowest BCUT2D eigenvalue weighted by atomic mass is 9.87. The Morgan fingerprint density at radius 3 is 2.63 bits per heavy atom. The molecule has 2 nitrogen and oxygen atoms in total. The Bertz CT molecular complexity index is 278. The Morgan fingerprint density at radius 2 is 1.95 bits per heavy atom. The molecule has 0 aromatic carbocycles. The molecule has 1 N–H and O–H groups in total. The van der Waals surface area contributed by atoms with Crippen molar-refractivity contribution in [2.24, 2.45) is 5.92 Å². The summed E-state index contributed by atoms with van der Waals surface area (Å²) >= 11 is 0. The average Bonchev–Trinajstić information content (AvgIpc) is 2.39. The van der Waals surface area contributed by atoms with Gasteiger partial charge in [-0.1, -0.05) is 13.3 Å². The van der Waals surface area contributed by atoms with Gasteiger partial charge in [-0.05, 0) is 45.2 Å². The van der Waals surface area contributed by atoms with E-state index in [0.717, 1.165) is 32.4 Å². The molecular weight excluding hydrogens is 253 g/mol. The van der Waals surface area contributed by atoms with Crippen LogP contribution < -0.4 is 5.32 Å². The summed E-state index contributed by atoms with van der Waals surface area (Å²) in [4.78, 5) is 2.10. The van der Waals surface area contributed by atoms with Crippen molar-refractivity contribution < 1.29 is 13.2 Å². The normalized spacial score (nSPS) is 34.4. The summed E-state index contributed by atoms with van der Waals surface area (Å²) in [6.07, 6.45) is 1.35. The number of nitrogens with one attached hydrogen (secondary N) is 1. The third-order valence-electron chi connectivity index (χ3n) is 4.57. The van der Waals surface area contributed by atoms with Crippen LogP contribution in [-0.4, -0.2) is 42.8 Å². The van der Waals surface area contributed by atoms with Crippen LogP contribution >= 0.6 is 0 Å². The van der Waals surface area contributed by atoms with Gasteiger partial charge in [0.25, 0.3) is 0 Å². The van der Waals surface area contributed by atoms with E-state index in [2.05, 4.69) is 17.1 Å². The first-order valence-corrected chi connectivity index (χ1v) is 7.55. The molecule has 1 heterocycles. The molecule has 0 radical (unpaired) electrons. The minimum Gasteiger partial charge on any atom is -0.314 e. The van der Waals surface area contributed by atoms with Gasteiger partial charge in [0, 0.05) is 18.6 Å². The number of halogens is 3. The van der Waals surface area contributed by atoms with Gasteiger partial charge in [0.1, 0.15) is 0 Å². The minimum atomic E-state index is -4.02. The zero-order valence-electron chi connectivity index (χ0n) is 11.7. The summed E-state index contributed by atoms with van der Waals surface area (Å²) in [5.41, 5.74) is 0. The van der Waals surface area contributed by atoms with Gasteiger partial charge in [0.2, 0.25) is 0 Å².